The number of ether oxygens (including phenoxy) is 1. The van der Waals surface area contributed by atoms with Crippen LogP contribution in [0.25, 0.3) is 32.4 Å². The maximum atomic E-state index is 16.4. The Morgan fingerprint density at radius 3 is 2.60 bits per heavy atom. The molecule has 3 saturated heterocycles. The van der Waals surface area contributed by atoms with Gasteiger partial charge in [0.05, 0.1) is 26.7 Å². The number of aliphatic hydroxyl groups is 1. The first-order chi connectivity index (χ1) is 19.2. The van der Waals surface area contributed by atoms with Crippen molar-refractivity contribution >= 4 is 43.4 Å². The lowest BCUT2D eigenvalue weighted by atomic mass is 9.95. The van der Waals surface area contributed by atoms with Crippen molar-refractivity contribution in [1.82, 2.24) is 24.8 Å². The number of nitrogens with two attached hydrogens (primary N) is 1. The molecule has 3 aliphatic heterocycles. The van der Waals surface area contributed by atoms with Gasteiger partial charge in [0.15, 0.2) is 10.9 Å². The van der Waals surface area contributed by atoms with Crippen molar-refractivity contribution in [3.05, 3.63) is 30.0 Å². The van der Waals surface area contributed by atoms with Gasteiger partial charge in [-0.15, -0.1) is 0 Å². The second-order valence-electron chi connectivity index (χ2n) is 11.6. The largest absolute Gasteiger partial charge is 0.461 e. The normalized spacial score (nSPS) is 22.9. The second kappa shape index (κ2) is 9.42. The van der Waals surface area contributed by atoms with Crippen molar-refractivity contribution in [2.45, 2.75) is 56.6 Å². The van der Waals surface area contributed by atoms with Crippen LogP contribution in [0.2, 0.25) is 0 Å². The zero-order valence-corrected chi connectivity index (χ0v) is 23.1. The second-order valence-corrected chi connectivity index (χ2v) is 12.6. The van der Waals surface area contributed by atoms with Crippen LogP contribution in [-0.4, -0.2) is 73.9 Å². The summed E-state index contributed by atoms with van der Waals surface area (Å²) >= 11 is 1.01. The van der Waals surface area contributed by atoms with E-state index in [-0.39, 0.29) is 38.1 Å². The summed E-state index contributed by atoms with van der Waals surface area (Å²) in [5.41, 5.74) is 5.58. The maximum Gasteiger partial charge on any atom is 0.319 e. The van der Waals surface area contributed by atoms with Crippen molar-refractivity contribution in [3.63, 3.8) is 0 Å². The van der Waals surface area contributed by atoms with Gasteiger partial charge in [0.1, 0.15) is 29.5 Å². The standard InChI is InChI=1S/C28H31F2N7O2S/c1-27(38)7-2-10-36(14-27)24-17-13-32-20(16-5-6-18(29)23-22(16)33-25(31)40-23)19(30)21(17)34-26(35-24)39-15-28-8-3-11-37(28)12-4-9-28/h5-6,13,38H,2-4,7-12,14-15H2,1H3,(H2,31,33)/t27-/m1/s1. The predicted molar refractivity (Wildman–Crippen MR) is 151 cm³/mol. The molecule has 1 aromatic carbocycles. The van der Waals surface area contributed by atoms with Crippen LogP contribution in [0.1, 0.15) is 45.4 Å². The fourth-order valence-electron chi connectivity index (χ4n) is 6.76. The fourth-order valence-corrected chi connectivity index (χ4v) is 7.52. The van der Waals surface area contributed by atoms with E-state index in [4.69, 9.17) is 15.5 Å². The van der Waals surface area contributed by atoms with Crippen molar-refractivity contribution in [3.8, 4) is 17.3 Å². The summed E-state index contributed by atoms with van der Waals surface area (Å²) in [7, 11) is 0. The summed E-state index contributed by atoms with van der Waals surface area (Å²) in [5, 5.41) is 11.4. The Balaban J connectivity index is 1.35. The number of hydrogen-bond acceptors (Lipinski definition) is 10. The fraction of sp³-hybridized carbons (Fsp3) is 0.500. The molecule has 3 aromatic heterocycles. The summed E-state index contributed by atoms with van der Waals surface area (Å²) in [6.07, 6.45) is 7.35. The van der Waals surface area contributed by atoms with Crippen molar-refractivity contribution in [2.75, 3.05) is 43.4 Å². The number of halogens is 2. The van der Waals surface area contributed by atoms with Gasteiger partial charge in [-0.2, -0.15) is 9.97 Å². The molecule has 7 rings (SSSR count). The molecule has 210 valence electrons. The van der Waals surface area contributed by atoms with Crippen LogP contribution in [0.5, 0.6) is 6.01 Å². The van der Waals surface area contributed by atoms with Gasteiger partial charge in [-0.3, -0.25) is 9.88 Å². The molecule has 4 aromatic rings. The first kappa shape index (κ1) is 25.7. The lowest BCUT2D eigenvalue weighted by Crippen LogP contribution is -2.46. The summed E-state index contributed by atoms with van der Waals surface area (Å²) in [6, 6.07) is 2.83. The van der Waals surface area contributed by atoms with Gasteiger partial charge in [-0.1, -0.05) is 11.3 Å². The average Bonchev–Trinajstić information content (AvgIpc) is 3.62. The minimum absolute atomic E-state index is 0.000366. The van der Waals surface area contributed by atoms with E-state index >= 15 is 4.39 Å². The molecule has 0 amide bonds. The quantitative estimate of drug-likeness (QED) is 0.359. The Bertz CT molecular complexity index is 1620. The lowest BCUT2D eigenvalue weighted by Gasteiger charge is -2.38. The molecule has 0 spiro atoms. The van der Waals surface area contributed by atoms with Gasteiger partial charge in [-0.25, -0.2) is 13.8 Å². The number of nitrogens with zero attached hydrogens (tertiary/aromatic N) is 6. The monoisotopic (exact) mass is 567 g/mol. The van der Waals surface area contributed by atoms with E-state index in [2.05, 4.69) is 19.9 Å². The van der Waals surface area contributed by atoms with Crippen LogP contribution in [-0.2, 0) is 0 Å². The molecular formula is C28H31F2N7O2S. The molecule has 3 aliphatic rings. The average molecular weight is 568 g/mol. The third-order valence-electron chi connectivity index (χ3n) is 8.67. The first-order valence-corrected chi connectivity index (χ1v) is 14.6. The first-order valence-electron chi connectivity index (χ1n) is 13.8. The highest BCUT2D eigenvalue weighted by Crippen LogP contribution is 2.41. The molecule has 1 atom stereocenters. The number of thiazole rings is 1. The molecule has 6 heterocycles. The molecule has 40 heavy (non-hydrogen) atoms. The summed E-state index contributed by atoms with van der Waals surface area (Å²) in [5.74, 6) is -0.665. The number of benzene rings is 1. The highest BCUT2D eigenvalue weighted by atomic mass is 32.1. The van der Waals surface area contributed by atoms with Crippen LogP contribution in [0.3, 0.4) is 0 Å². The Morgan fingerprint density at radius 1 is 1.05 bits per heavy atom. The molecule has 9 nitrogen and oxygen atoms in total. The van der Waals surface area contributed by atoms with E-state index in [1.54, 1.807) is 6.92 Å². The molecule has 3 fully saturated rings. The smallest absolute Gasteiger partial charge is 0.319 e. The van der Waals surface area contributed by atoms with Gasteiger partial charge >= 0.3 is 6.01 Å². The third-order valence-corrected chi connectivity index (χ3v) is 9.56. The minimum Gasteiger partial charge on any atom is -0.461 e. The summed E-state index contributed by atoms with van der Waals surface area (Å²) < 4.78 is 37.4. The number of anilines is 2. The van der Waals surface area contributed by atoms with Crippen LogP contribution < -0.4 is 15.4 Å². The van der Waals surface area contributed by atoms with Crippen molar-refractivity contribution in [2.24, 2.45) is 0 Å². The van der Waals surface area contributed by atoms with E-state index in [0.29, 0.717) is 42.9 Å². The number of hydrogen-bond donors (Lipinski definition) is 2. The lowest BCUT2D eigenvalue weighted by molar-refractivity contribution is 0.0447. The molecule has 0 bridgehead atoms. The zero-order chi connectivity index (χ0) is 27.6. The van der Waals surface area contributed by atoms with Crippen molar-refractivity contribution in [1.29, 1.82) is 0 Å². The van der Waals surface area contributed by atoms with Gasteiger partial charge in [0.25, 0.3) is 0 Å². The number of fused-ring (bicyclic) bond motifs is 3. The van der Waals surface area contributed by atoms with E-state index in [1.807, 2.05) is 4.90 Å². The molecule has 0 radical (unpaired) electrons. The van der Waals surface area contributed by atoms with Crippen LogP contribution in [0.4, 0.5) is 19.7 Å². The number of pyridine rings is 1. The zero-order valence-electron chi connectivity index (χ0n) is 22.3. The van der Waals surface area contributed by atoms with E-state index in [9.17, 15) is 9.50 Å². The summed E-state index contributed by atoms with van der Waals surface area (Å²) in [6.45, 7) is 5.35. The molecule has 12 heteroatoms. The number of rotatable bonds is 5. The van der Waals surface area contributed by atoms with Gasteiger partial charge in [-0.05, 0) is 70.7 Å². The van der Waals surface area contributed by atoms with Gasteiger partial charge in [0.2, 0.25) is 0 Å². The molecular weight excluding hydrogens is 536 g/mol. The van der Waals surface area contributed by atoms with E-state index in [0.717, 1.165) is 56.5 Å². The Labute approximate surface area is 234 Å². The third kappa shape index (κ3) is 4.24. The maximum absolute atomic E-state index is 16.4. The van der Waals surface area contributed by atoms with E-state index < -0.39 is 17.2 Å². The minimum atomic E-state index is -0.903. The predicted octanol–water partition coefficient (Wildman–Crippen LogP) is 4.52. The van der Waals surface area contributed by atoms with Crippen molar-refractivity contribution < 1.29 is 18.6 Å². The highest BCUT2D eigenvalue weighted by molar-refractivity contribution is 7.22. The Morgan fingerprint density at radius 2 is 1.82 bits per heavy atom. The van der Waals surface area contributed by atoms with Crippen LogP contribution >= 0.6 is 11.3 Å². The molecule has 0 aliphatic carbocycles. The van der Waals surface area contributed by atoms with Crippen LogP contribution in [0.15, 0.2) is 18.3 Å². The Hall–Kier alpha value is -3.22. The number of aromatic nitrogens is 4. The SMILES string of the molecule is C[C@@]1(O)CCCN(c2nc(OCC34CCCN3CCC4)nc3c(F)c(-c4ccc(F)c5sc(N)nc45)ncc23)C1. The molecule has 0 saturated carbocycles. The number of nitrogen functional groups attached to an aromatic ring is 1. The number of piperidine rings is 1. The Kier molecular flexibility index (Phi) is 6.06. The van der Waals surface area contributed by atoms with Crippen LogP contribution in [0, 0.1) is 11.6 Å². The van der Waals surface area contributed by atoms with Gasteiger partial charge in [0, 0.05) is 24.8 Å². The number of β-amino-alcohol motifs (C(OH)–C–C–N with tert-alkyl or cyclic N) is 1. The molecule has 0 unspecified atom stereocenters. The summed E-state index contributed by atoms with van der Waals surface area (Å²) in [4.78, 5) is 22.4. The van der Waals surface area contributed by atoms with Gasteiger partial charge < -0.3 is 20.5 Å². The highest BCUT2D eigenvalue weighted by Gasteiger charge is 2.45. The topological polar surface area (TPSA) is 114 Å². The molecule has 3 N–H and O–H groups in total. The van der Waals surface area contributed by atoms with E-state index in [1.165, 1.54) is 18.3 Å².